The molecule has 0 saturated heterocycles. The van der Waals surface area contributed by atoms with Crippen LogP contribution in [0.5, 0.6) is 0 Å². The molecule has 0 aliphatic heterocycles. The maximum atomic E-state index is 12.3. The monoisotopic (exact) mass is 396 g/mol. The smallest absolute Gasteiger partial charge is 0.269 e. The third kappa shape index (κ3) is 4.77. The van der Waals surface area contributed by atoms with Crippen LogP contribution in [0.15, 0.2) is 23.0 Å². The minimum Gasteiger partial charge on any atom is -0.341 e. The molecule has 2 rings (SSSR count). The molecule has 8 nitrogen and oxygen atoms in total. The van der Waals surface area contributed by atoms with Gasteiger partial charge in [-0.05, 0) is 37.2 Å². The zero-order valence-corrected chi connectivity index (χ0v) is 15.7. The Balaban J connectivity index is 2.07. The highest BCUT2D eigenvalue weighted by Gasteiger charge is 2.16. The van der Waals surface area contributed by atoms with Gasteiger partial charge in [0.15, 0.2) is 4.77 Å². The van der Waals surface area contributed by atoms with Crippen molar-refractivity contribution < 1.29 is 9.72 Å². The maximum absolute atomic E-state index is 12.3. The minimum absolute atomic E-state index is 0.0908. The van der Waals surface area contributed by atoms with E-state index in [0.29, 0.717) is 21.8 Å². The number of aryl methyl sites for hydroxylation is 1. The fourth-order valence-corrected chi connectivity index (χ4v) is 2.91. The number of nitrogens with zero attached hydrogens (tertiary/aromatic N) is 2. The summed E-state index contributed by atoms with van der Waals surface area (Å²) in [5.74, 6) is -0.214. The first-order valence-electron chi connectivity index (χ1n) is 7.68. The van der Waals surface area contributed by atoms with Crippen molar-refractivity contribution in [1.29, 1.82) is 0 Å². The van der Waals surface area contributed by atoms with Crippen molar-refractivity contribution in [2.24, 2.45) is 0 Å². The molecule has 0 aliphatic rings. The number of nitro groups is 1. The lowest BCUT2D eigenvalue weighted by Gasteiger charge is -2.18. The lowest BCUT2D eigenvalue weighted by molar-refractivity contribution is -0.384. The number of nitro benzene ring substituents is 1. The summed E-state index contributed by atoms with van der Waals surface area (Å²) in [6.45, 7) is 1.85. The number of halogens is 1. The maximum Gasteiger partial charge on any atom is 0.269 e. The van der Waals surface area contributed by atoms with Crippen molar-refractivity contribution >= 4 is 35.4 Å². The van der Waals surface area contributed by atoms with E-state index < -0.39 is 4.92 Å². The summed E-state index contributed by atoms with van der Waals surface area (Å²) in [6.07, 6.45) is 0.358. The Labute approximate surface area is 159 Å². The van der Waals surface area contributed by atoms with Crippen molar-refractivity contribution in [2.75, 3.05) is 7.05 Å². The normalized spacial score (nSPS) is 10.6. The van der Waals surface area contributed by atoms with Gasteiger partial charge in [-0.15, -0.1) is 0 Å². The molecule has 0 aliphatic carbocycles. The van der Waals surface area contributed by atoms with Crippen molar-refractivity contribution in [3.8, 4) is 0 Å². The topological polar surface area (TPSA) is 112 Å². The third-order valence-electron chi connectivity index (χ3n) is 3.92. The molecule has 0 saturated carbocycles. The van der Waals surface area contributed by atoms with Gasteiger partial charge in [0.25, 0.3) is 11.2 Å². The van der Waals surface area contributed by atoms with Gasteiger partial charge in [-0.1, -0.05) is 11.6 Å². The van der Waals surface area contributed by atoms with Crippen LogP contribution in [-0.2, 0) is 17.8 Å². The first kappa shape index (κ1) is 19.8. The number of hydrogen-bond donors (Lipinski definition) is 2. The standard InChI is InChI=1S/C16H17ClN4O4S/c1-9-12(15(23)19-16(26)18-9)4-6-14(22)20(2)8-10-7-11(21(24)25)3-5-13(10)17/h3,5,7H,4,6,8H2,1-2H3,(H2,18,19,23,26). The summed E-state index contributed by atoms with van der Waals surface area (Å²) < 4.78 is 0.236. The highest BCUT2D eigenvalue weighted by Crippen LogP contribution is 2.23. The molecule has 0 fully saturated rings. The fourth-order valence-electron chi connectivity index (χ4n) is 2.49. The van der Waals surface area contributed by atoms with E-state index >= 15 is 0 Å². The van der Waals surface area contributed by atoms with Gasteiger partial charge < -0.3 is 9.88 Å². The Hall–Kier alpha value is -2.52. The average Bonchev–Trinajstić information content (AvgIpc) is 2.55. The van der Waals surface area contributed by atoms with Gasteiger partial charge in [0.1, 0.15) is 0 Å². The van der Waals surface area contributed by atoms with Gasteiger partial charge in [-0.2, -0.15) is 0 Å². The van der Waals surface area contributed by atoms with E-state index in [2.05, 4.69) is 9.97 Å². The fraction of sp³-hybridized carbons (Fsp3) is 0.312. The summed E-state index contributed by atoms with van der Waals surface area (Å²) in [6, 6.07) is 4.09. The molecule has 0 atom stereocenters. The summed E-state index contributed by atoms with van der Waals surface area (Å²) >= 11 is 11.0. The number of nitrogens with one attached hydrogen (secondary N) is 2. The van der Waals surface area contributed by atoms with Crippen LogP contribution in [0, 0.1) is 21.8 Å². The van der Waals surface area contributed by atoms with E-state index in [4.69, 9.17) is 23.8 Å². The van der Waals surface area contributed by atoms with Gasteiger partial charge in [-0.25, -0.2) is 0 Å². The summed E-state index contributed by atoms with van der Waals surface area (Å²) in [7, 11) is 1.58. The summed E-state index contributed by atoms with van der Waals surface area (Å²) in [5.41, 5.74) is 1.16. The Bertz CT molecular complexity index is 969. The highest BCUT2D eigenvalue weighted by molar-refractivity contribution is 7.71. The lowest BCUT2D eigenvalue weighted by atomic mass is 10.1. The van der Waals surface area contributed by atoms with Crippen LogP contribution in [0.25, 0.3) is 0 Å². The Morgan fingerprint density at radius 1 is 1.38 bits per heavy atom. The molecule has 1 heterocycles. The molecule has 0 bridgehead atoms. The second kappa shape index (κ2) is 8.24. The molecule has 138 valence electrons. The van der Waals surface area contributed by atoms with Crippen LogP contribution >= 0.6 is 23.8 Å². The van der Waals surface area contributed by atoms with Gasteiger partial charge >= 0.3 is 0 Å². The molecule has 2 N–H and O–H groups in total. The number of H-pyrrole nitrogens is 2. The van der Waals surface area contributed by atoms with E-state index in [1.165, 1.54) is 23.1 Å². The first-order valence-corrected chi connectivity index (χ1v) is 8.46. The van der Waals surface area contributed by atoms with Crippen molar-refractivity contribution in [3.05, 3.63) is 65.3 Å². The van der Waals surface area contributed by atoms with Gasteiger partial charge in [0.2, 0.25) is 5.91 Å². The predicted molar refractivity (Wildman–Crippen MR) is 99.9 cm³/mol. The van der Waals surface area contributed by atoms with Crippen molar-refractivity contribution in [1.82, 2.24) is 14.9 Å². The number of aromatic nitrogens is 2. The second-order valence-electron chi connectivity index (χ2n) is 5.79. The number of carbonyl (C=O) groups is 1. The largest absolute Gasteiger partial charge is 0.341 e. The SMILES string of the molecule is Cc1[nH]c(=S)[nH]c(=O)c1CCC(=O)N(C)Cc1cc([N+](=O)[O-])ccc1Cl. The molecule has 1 aromatic carbocycles. The van der Waals surface area contributed by atoms with Gasteiger partial charge in [0, 0.05) is 48.4 Å². The first-order chi connectivity index (χ1) is 12.2. The van der Waals surface area contributed by atoms with Crippen LogP contribution in [-0.4, -0.2) is 32.7 Å². The summed E-state index contributed by atoms with van der Waals surface area (Å²) in [4.78, 5) is 41.4. The quantitative estimate of drug-likeness (QED) is 0.443. The molecule has 10 heteroatoms. The van der Waals surface area contributed by atoms with E-state index in [1.807, 2.05) is 0 Å². The van der Waals surface area contributed by atoms with Crippen LogP contribution in [0.4, 0.5) is 5.69 Å². The average molecular weight is 397 g/mol. The Morgan fingerprint density at radius 2 is 2.08 bits per heavy atom. The van der Waals surface area contributed by atoms with E-state index in [-0.39, 0.29) is 41.3 Å². The van der Waals surface area contributed by atoms with Crippen molar-refractivity contribution in [2.45, 2.75) is 26.3 Å². The van der Waals surface area contributed by atoms with Crippen LogP contribution in [0.3, 0.4) is 0 Å². The molecule has 0 spiro atoms. The highest BCUT2D eigenvalue weighted by atomic mass is 35.5. The zero-order chi connectivity index (χ0) is 19.4. The van der Waals surface area contributed by atoms with E-state index in [1.54, 1.807) is 14.0 Å². The van der Waals surface area contributed by atoms with Crippen LogP contribution in [0.2, 0.25) is 5.02 Å². The second-order valence-corrected chi connectivity index (χ2v) is 6.61. The molecular formula is C16H17ClN4O4S. The minimum atomic E-state index is -0.518. The molecule has 0 unspecified atom stereocenters. The number of benzene rings is 1. The molecule has 1 amide bonds. The number of aromatic amines is 2. The van der Waals surface area contributed by atoms with E-state index in [9.17, 15) is 19.7 Å². The Kier molecular flexibility index (Phi) is 6.27. The molecule has 26 heavy (non-hydrogen) atoms. The Morgan fingerprint density at radius 3 is 2.69 bits per heavy atom. The molecule has 2 aromatic rings. The third-order valence-corrected chi connectivity index (χ3v) is 4.49. The number of amides is 1. The van der Waals surface area contributed by atoms with Crippen molar-refractivity contribution in [3.63, 3.8) is 0 Å². The number of rotatable bonds is 6. The number of hydrogen-bond acceptors (Lipinski definition) is 5. The number of carbonyl (C=O) groups excluding carboxylic acids is 1. The zero-order valence-electron chi connectivity index (χ0n) is 14.2. The lowest BCUT2D eigenvalue weighted by Crippen LogP contribution is -2.27. The summed E-state index contributed by atoms with van der Waals surface area (Å²) in [5, 5.41) is 11.2. The van der Waals surface area contributed by atoms with Gasteiger partial charge in [0.05, 0.1) is 4.92 Å². The van der Waals surface area contributed by atoms with E-state index in [0.717, 1.165) is 0 Å². The molecule has 1 aromatic heterocycles. The predicted octanol–water partition coefficient (Wildman–Crippen LogP) is 2.89. The van der Waals surface area contributed by atoms with Crippen LogP contribution < -0.4 is 5.56 Å². The molecule has 0 radical (unpaired) electrons. The van der Waals surface area contributed by atoms with Crippen LogP contribution in [0.1, 0.15) is 23.2 Å². The van der Waals surface area contributed by atoms with Gasteiger partial charge in [-0.3, -0.25) is 24.7 Å². The molecular weight excluding hydrogens is 380 g/mol. The number of non-ortho nitro benzene ring substituents is 1.